The summed E-state index contributed by atoms with van der Waals surface area (Å²) < 4.78 is 16.0. The van der Waals surface area contributed by atoms with E-state index in [0.717, 1.165) is 11.4 Å². The number of aromatic amines is 1. The molecule has 0 unspecified atom stereocenters. The van der Waals surface area contributed by atoms with Crippen molar-refractivity contribution in [1.29, 1.82) is 0 Å². The molecule has 0 saturated carbocycles. The van der Waals surface area contributed by atoms with E-state index in [1.807, 2.05) is 18.2 Å². The first kappa shape index (κ1) is 16.3. The van der Waals surface area contributed by atoms with Crippen molar-refractivity contribution in [2.45, 2.75) is 13.5 Å². The van der Waals surface area contributed by atoms with Gasteiger partial charge in [0, 0.05) is 18.0 Å². The second-order valence-electron chi connectivity index (χ2n) is 6.23. The highest BCUT2D eigenvalue weighted by Crippen LogP contribution is 2.25. The van der Waals surface area contributed by atoms with Gasteiger partial charge in [-0.25, -0.2) is 0 Å². The second kappa shape index (κ2) is 6.92. The molecule has 24 heavy (non-hydrogen) atoms. The van der Waals surface area contributed by atoms with Crippen LogP contribution in [0.2, 0.25) is 0 Å². The van der Waals surface area contributed by atoms with Gasteiger partial charge < -0.3 is 19.5 Å². The van der Waals surface area contributed by atoms with Crippen molar-refractivity contribution in [2.75, 3.05) is 26.9 Å². The van der Waals surface area contributed by atoms with E-state index >= 15 is 0 Å². The highest BCUT2D eigenvalue weighted by Gasteiger charge is 2.33. The van der Waals surface area contributed by atoms with Crippen molar-refractivity contribution >= 4 is 5.91 Å². The Morgan fingerprint density at radius 2 is 2.17 bits per heavy atom. The Kier molecular flexibility index (Phi) is 4.71. The van der Waals surface area contributed by atoms with Gasteiger partial charge in [-0.3, -0.25) is 9.89 Å². The van der Waals surface area contributed by atoms with Gasteiger partial charge in [0.25, 0.3) is 5.91 Å². The van der Waals surface area contributed by atoms with E-state index in [2.05, 4.69) is 22.4 Å². The molecule has 7 heteroatoms. The molecule has 0 spiro atoms. The van der Waals surface area contributed by atoms with Crippen LogP contribution in [0.15, 0.2) is 30.3 Å². The molecule has 1 fully saturated rings. The molecule has 1 amide bonds. The molecule has 1 aliphatic rings. The topological polar surface area (TPSA) is 85.5 Å². The number of amides is 1. The Morgan fingerprint density at radius 3 is 2.88 bits per heavy atom. The van der Waals surface area contributed by atoms with E-state index in [0.29, 0.717) is 37.8 Å². The van der Waals surface area contributed by atoms with Crippen molar-refractivity contribution in [3.05, 3.63) is 41.7 Å². The molecule has 3 rings (SSSR count). The molecule has 0 bridgehead atoms. The monoisotopic (exact) mass is 331 g/mol. The Labute approximate surface area is 140 Å². The van der Waals surface area contributed by atoms with Crippen molar-refractivity contribution < 1.29 is 19.0 Å². The van der Waals surface area contributed by atoms with E-state index in [-0.39, 0.29) is 11.3 Å². The summed E-state index contributed by atoms with van der Waals surface area (Å²) >= 11 is 0. The average Bonchev–Trinajstić information content (AvgIpc) is 3.05. The number of nitrogens with zero attached hydrogens (tertiary/aromatic N) is 1. The van der Waals surface area contributed by atoms with Crippen molar-refractivity contribution in [1.82, 2.24) is 15.5 Å². The highest BCUT2D eigenvalue weighted by atomic mass is 16.5. The van der Waals surface area contributed by atoms with Gasteiger partial charge in [-0.2, -0.15) is 5.10 Å². The lowest BCUT2D eigenvalue weighted by molar-refractivity contribution is -0.0978. The SMILES string of the molecule is COc1cccc(OCc2cc(C(=O)NCC3(C)COC3)n[nH]2)c1. The fraction of sp³-hybridized carbons (Fsp3) is 0.412. The van der Waals surface area contributed by atoms with E-state index in [4.69, 9.17) is 14.2 Å². The third-order valence-corrected chi connectivity index (χ3v) is 3.88. The third-order valence-electron chi connectivity index (χ3n) is 3.88. The fourth-order valence-corrected chi connectivity index (χ4v) is 2.34. The molecule has 0 radical (unpaired) electrons. The standard InChI is InChI=1S/C17H21N3O4/c1-17(10-23-11-17)9-18-16(21)15-6-12(19-20-15)8-24-14-5-3-4-13(7-14)22-2/h3-7H,8-11H2,1-2H3,(H,18,21)(H,19,20). The maximum Gasteiger partial charge on any atom is 0.271 e. The van der Waals surface area contributed by atoms with Crippen LogP contribution >= 0.6 is 0 Å². The largest absolute Gasteiger partial charge is 0.497 e. The van der Waals surface area contributed by atoms with Crippen molar-refractivity contribution in [3.8, 4) is 11.5 Å². The van der Waals surface area contributed by atoms with Gasteiger partial charge in [-0.15, -0.1) is 0 Å². The zero-order valence-electron chi connectivity index (χ0n) is 13.8. The predicted molar refractivity (Wildman–Crippen MR) is 87.2 cm³/mol. The molecule has 1 aromatic carbocycles. The van der Waals surface area contributed by atoms with Gasteiger partial charge in [0.2, 0.25) is 0 Å². The molecule has 128 valence electrons. The fourth-order valence-electron chi connectivity index (χ4n) is 2.34. The van der Waals surface area contributed by atoms with Crippen LogP contribution in [0.5, 0.6) is 11.5 Å². The molecular formula is C17H21N3O4. The van der Waals surface area contributed by atoms with Crippen LogP contribution in [-0.2, 0) is 11.3 Å². The van der Waals surface area contributed by atoms with Crippen LogP contribution in [-0.4, -0.2) is 43.0 Å². The summed E-state index contributed by atoms with van der Waals surface area (Å²) in [6.45, 7) is 4.29. The number of benzene rings is 1. The summed E-state index contributed by atoms with van der Waals surface area (Å²) in [7, 11) is 1.61. The smallest absolute Gasteiger partial charge is 0.271 e. The average molecular weight is 331 g/mol. The zero-order valence-corrected chi connectivity index (χ0v) is 13.8. The van der Waals surface area contributed by atoms with E-state index in [1.165, 1.54) is 0 Å². The molecule has 0 aliphatic carbocycles. The molecule has 2 N–H and O–H groups in total. The molecule has 1 aliphatic heterocycles. The number of carbonyl (C=O) groups excluding carboxylic acids is 1. The number of H-pyrrole nitrogens is 1. The first-order valence-electron chi connectivity index (χ1n) is 7.75. The molecule has 2 heterocycles. The summed E-state index contributed by atoms with van der Waals surface area (Å²) in [5, 5.41) is 9.74. The van der Waals surface area contributed by atoms with E-state index < -0.39 is 0 Å². The molecule has 1 saturated heterocycles. The predicted octanol–water partition coefficient (Wildman–Crippen LogP) is 1.76. The van der Waals surface area contributed by atoms with Crippen LogP contribution in [0.25, 0.3) is 0 Å². The summed E-state index contributed by atoms with van der Waals surface area (Å²) in [5.74, 6) is 1.21. The van der Waals surface area contributed by atoms with Crippen molar-refractivity contribution in [2.24, 2.45) is 5.41 Å². The number of ether oxygens (including phenoxy) is 3. The minimum absolute atomic E-state index is 0.0320. The van der Waals surface area contributed by atoms with Crippen LogP contribution in [0.4, 0.5) is 0 Å². The Bertz CT molecular complexity index is 709. The number of aromatic nitrogens is 2. The Balaban J connectivity index is 1.52. The van der Waals surface area contributed by atoms with Crippen LogP contribution in [0.1, 0.15) is 23.1 Å². The van der Waals surface area contributed by atoms with E-state index in [9.17, 15) is 4.79 Å². The summed E-state index contributed by atoms with van der Waals surface area (Å²) in [6, 6.07) is 9.03. The van der Waals surface area contributed by atoms with Gasteiger partial charge in [-0.1, -0.05) is 13.0 Å². The number of methoxy groups -OCH3 is 1. The van der Waals surface area contributed by atoms with Crippen molar-refractivity contribution in [3.63, 3.8) is 0 Å². The minimum Gasteiger partial charge on any atom is -0.497 e. The molecular weight excluding hydrogens is 310 g/mol. The number of hydrogen-bond acceptors (Lipinski definition) is 5. The Hall–Kier alpha value is -2.54. The highest BCUT2D eigenvalue weighted by molar-refractivity contribution is 5.92. The van der Waals surface area contributed by atoms with Crippen LogP contribution in [0.3, 0.4) is 0 Å². The number of carbonyl (C=O) groups is 1. The summed E-state index contributed by atoms with van der Waals surface area (Å²) in [5.41, 5.74) is 1.11. The third kappa shape index (κ3) is 3.86. The maximum atomic E-state index is 12.1. The minimum atomic E-state index is -0.202. The Morgan fingerprint density at radius 1 is 1.38 bits per heavy atom. The summed E-state index contributed by atoms with van der Waals surface area (Å²) in [4.78, 5) is 12.1. The number of rotatable bonds is 7. The second-order valence-corrected chi connectivity index (χ2v) is 6.23. The summed E-state index contributed by atoms with van der Waals surface area (Å²) in [6.07, 6.45) is 0. The van der Waals surface area contributed by atoms with Crippen LogP contribution in [0, 0.1) is 5.41 Å². The number of nitrogens with one attached hydrogen (secondary N) is 2. The molecule has 7 nitrogen and oxygen atoms in total. The molecule has 1 aromatic heterocycles. The first-order chi connectivity index (χ1) is 11.6. The van der Waals surface area contributed by atoms with Gasteiger partial charge in [-0.05, 0) is 18.2 Å². The lowest BCUT2D eigenvalue weighted by Crippen LogP contribution is -2.48. The van der Waals surface area contributed by atoms with Gasteiger partial charge >= 0.3 is 0 Å². The maximum absolute atomic E-state index is 12.1. The quantitative estimate of drug-likeness (QED) is 0.807. The van der Waals surface area contributed by atoms with Gasteiger partial charge in [0.1, 0.15) is 23.8 Å². The van der Waals surface area contributed by atoms with Gasteiger partial charge in [0.05, 0.1) is 26.0 Å². The van der Waals surface area contributed by atoms with Crippen LogP contribution < -0.4 is 14.8 Å². The first-order valence-corrected chi connectivity index (χ1v) is 7.75. The molecule has 0 atom stereocenters. The normalized spacial score (nSPS) is 15.4. The van der Waals surface area contributed by atoms with E-state index in [1.54, 1.807) is 19.2 Å². The van der Waals surface area contributed by atoms with Gasteiger partial charge in [0.15, 0.2) is 0 Å². The zero-order chi connectivity index (χ0) is 17.0. The number of hydrogen-bond donors (Lipinski definition) is 2. The lowest BCUT2D eigenvalue weighted by Gasteiger charge is -2.37. The molecule has 2 aromatic rings. The lowest BCUT2D eigenvalue weighted by atomic mass is 9.89.